The fraction of sp³-hybridized carbons (Fsp3) is 0.474. The van der Waals surface area contributed by atoms with E-state index in [4.69, 9.17) is 16.9 Å². The molecule has 1 aromatic heterocycles. The van der Waals surface area contributed by atoms with Crippen LogP contribution in [0.15, 0.2) is 28.2 Å². The zero-order valence-electron chi connectivity index (χ0n) is 15.9. The van der Waals surface area contributed by atoms with Gasteiger partial charge in [-0.3, -0.25) is 14.2 Å². The van der Waals surface area contributed by atoms with Crippen molar-refractivity contribution in [2.24, 2.45) is 5.92 Å². The van der Waals surface area contributed by atoms with Crippen LogP contribution in [0.5, 0.6) is 0 Å². The van der Waals surface area contributed by atoms with Gasteiger partial charge in [0.1, 0.15) is 0 Å². The first-order valence-electron chi connectivity index (χ1n) is 8.73. The number of carbonyl (C=O) groups is 1. The van der Waals surface area contributed by atoms with Crippen molar-refractivity contribution in [2.75, 3.05) is 13.6 Å². The third-order valence-electron chi connectivity index (χ3n) is 3.99. The second-order valence-electron chi connectivity index (χ2n) is 6.79. The molecule has 2 aromatic rings. The Bertz CT molecular complexity index is 936. The number of carbonyl (C=O) groups excluding carboxylic acids is 1. The molecule has 0 saturated heterocycles. The van der Waals surface area contributed by atoms with Gasteiger partial charge in [0.05, 0.1) is 28.6 Å². The summed E-state index contributed by atoms with van der Waals surface area (Å²) < 4.78 is 1.62. The normalized spacial score (nSPS) is 12.2. The summed E-state index contributed by atoms with van der Waals surface area (Å²) in [6.07, 6.45) is 0.284. The summed E-state index contributed by atoms with van der Waals surface area (Å²) in [5, 5.41) is 9.73. The Labute approximate surface area is 168 Å². The molecule has 0 radical (unpaired) electrons. The van der Waals surface area contributed by atoms with Crippen LogP contribution in [0.4, 0.5) is 0 Å². The van der Waals surface area contributed by atoms with E-state index in [0.29, 0.717) is 34.2 Å². The molecule has 0 saturated carbocycles. The fourth-order valence-corrected chi connectivity index (χ4v) is 3.84. The first-order valence-corrected chi connectivity index (χ1v) is 9.99. The van der Waals surface area contributed by atoms with E-state index in [1.165, 1.54) is 16.7 Å². The number of aromatic nitrogens is 2. The number of benzene rings is 1. The zero-order valence-corrected chi connectivity index (χ0v) is 17.5. The summed E-state index contributed by atoms with van der Waals surface area (Å²) in [4.78, 5) is 31.7. The average molecular weight is 407 g/mol. The van der Waals surface area contributed by atoms with Crippen LogP contribution in [0.2, 0.25) is 5.02 Å². The Morgan fingerprint density at radius 3 is 2.74 bits per heavy atom. The lowest BCUT2D eigenvalue weighted by molar-refractivity contribution is -0.128. The monoisotopic (exact) mass is 406 g/mol. The Morgan fingerprint density at radius 1 is 1.41 bits per heavy atom. The number of halogens is 1. The molecule has 0 aliphatic heterocycles. The summed E-state index contributed by atoms with van der Waals surface area (Å²) in [5.74, 6) is 0.140. The average Bonchev–Trinajstić information content (AvgIpc) is 2.62. The standard InChI is InChI=1S/C19H23ClN4O2S/c1-12(2)11-24-18(26)15-10-14(20)6-7-16(15)22-19(24)27-13(3)17(25)23(4)9-5-8-21/h6-7,10,12-13H,5,9,11H2,1-4H3/t13-/m1/s1. The first-order chi connectivity index (χ1) is 12.7. The number of hydrogen-bond donors (Lipinski definition) is 0. The van der Waals surface area contributed by atoms with Crippen LogP contribution in [-0.2, 0) is 11.3 Å². The molecule has 0 N–H and O–H groups in total. The van der Waals surface area contributed by atoms with E-state index >= 15 is 0 Å². The predicted molar refractivity (Wildman–Crippen MR) is 109 cm³/mol. The van der Waals surface area contributed by atoms with Crippen molar-refractivity contribution < 1.29 is 4.79 Å². The van der Waals surface area contributed by atoms with E-state index in [-0.39, 0.29) is 23.8 Å². The second-order valence-corrected chi connectivity index (χ2v) is 8.54. The third-order valence-corrected chi connectivity index (χ3v) is 5.31. The molecular formula is C19H23ClN4O2S. The fourth-order valence-electron chi connectivity index (χ4n) is 2.64. The smallest absolute Gasteiger partial charge is 0.262 e. The summed E-state index contributed by atoms with van der Waals surface area (Å²) in [6.45, 7) is 6.71. The van der Waals surface area contributed by atoms with Crippen LogP contribution in [0.25, 0.3) is 10.9 Å². The highest BCUT2D eigenvalue weighted by molar-refractivity contribution is 8.00. The van der Waals surface area contributed by atoms with Crippen LogP contribution < -0.4 is 5.56 Å². The second kappa shape index (κ2) is 9.25. The Kier molecular flexibility index (Phi) is 7.28. The van der Waals surface area contributed by atoms with Gasteiger partial charge in [-0.2, -0.15) is 5.26 Å². The topological polar surface area (TPSA) is 79.0 Å². The number of nitriles is 1. The predicted octanol–water partition coefficient (Wildman–Crippen LogP) is 3.56. The maximum Gasteiger partial charge on any atom is 0.262 e. The van der Waals surface area contributed by atoms with Crippen molar-refractivity contribution in [1.82, 2.24) is 14.5 Å². The van der Waals surface area contributed by atoms with Crippen LogP contribution in [-0.4, -0.2) is 39.2 Å². The van der Waals surface area contributed by atoms with Gasteiger partial charge >= 0.3 is 0 Å². The van der Waals surface area contributed by atoms with Gasteiger partial charge in [-0.25, -0.2) is 4.98 Å². The maximum atomic E-state index is 13.0. The van der Waals surface area contributed by atoms with Gasteiger partial charge in [0.15, 0.2) is 5.16 Å². The van der Waals surface area contributed by atoms with E-state index in [0.717, 1.165) is 0 Å². The molecule has 0 fully saturated rings. The third kappa shape index (κ3) is 5.24. The molecule has 2 rings (SSSR count). The highest BCUT2D eigenvalue weighted by Gasteiger charge is 2.22. The molecular weight excluding hydrogens is 384 g/mol. The highest BCUT2D eigenvalue weighted by Crippen LogP contribution is 2.25. The Morgan fingerprint density at radius 2 is 2.11 bits per heavy atom. The minimum Gasteiger partial charge on any atom is -0.344 e. The molecule has 0 aliphatic rings. The molecule has 1 heterocycles. The summed E-state index contributed by atoms with van der Waals surface area (Å²) in [7, 11) is 1.67. The first kappa shape index (κ1) is 21.3. The summed E-state index contributed by atoms with van der Waals surface area (Å²) in [6, 6.07) is 7.08. The SMILES string of the molecule is CC(C)Cn1c(S[C@H](C)C(=O)N(C)CCC#N)nc2ccc(Cl)cc2c1=O. The van der Waals surface area contributed by atoms with Crippen LogP contribution in [0, 0.1) is 17.2 Å². The van der Waals surface area contributed by atoms with Crippen molar-refractivity contribution in [1.29, 1.82) is 5.26 Å². The number of amides is 1. The van der Waals surface area contributed by atoms with Crippen molar-refractivity contribution >= 4 is 40.2 Å². The molecule has 8 heteroatoms. The van der Waals surface area contributed by atoms with Crippen molar-refractivity contribution in [3.8, 4) is 6.07 Å². The van der Waals surface area contributed by atoms with Gasteiger partial charge in [-0.1, -0.05) is 37.2 Å². The lowest BCUT2D eigenvalue weighted by Crippen LogP contribution is -2.34. The van der Waals surface area contributed by atoms with Gasteiger partial charge in [0, 0.05) is 25.2 Å². The van der Waals surface area contributed by atoms with E-state index < -0.39 is 5.25 Å². The number of fused-ring (bicyclic) bond motifs is 1. The lowest BCUT2D eigenvalue weighted by Gasteiger charge is -2.21. The van der Waals surface area contributed by atoms with Gasteiger partial charge in [-0.05, 0) is 31.0 Å². The van der Waals surface area contributed by atoms with Gasteiger partial charge < -0.3 is 4.90 Å². The minimum absolute atomic E-state index is 0.100. The molecule has 0 bridgehead atoms. The Balaban J connectivity index is 2.41. The molecule has 144 valence electrons. The molecule has 1 aromatic carbocycles. The van der Waals surface area contributed by atoms with Crippen LogP contribution >= 0.6 is 23.4 Å². The number of thioether (sulfide) groups is 1. The molecule has 1 atom stereocenters. The van der Waals surface area contributed by atoms with E-state index in [2.05, 4.69) is 4.98 Å². The van der Waals surface area contributed by atoms with Crippen LogP contribution in [0.1, 0.15) is 27.2 Å². The molecule has 6 nitrogen and oxygen atoms in total. The van der Waals surface area contributed by atoms with Gasteiger partial charge in [-0.15, -0.1) is 0 Å². The highest BCUT2D eigenvalue weighted by atomic mass is 35.5. The number of rotatable bonds is 7. The molecule has 27 heavy (non-hydrogen) atoms. The Hall–Kier alpha value is -2.04. The van der Waals surface area contributed by atoms with E-state index in [1.807, 2.05) is 19.9 Å². The quantitative estimate of drug-likeness (QED) is 0.518. The molecule has 1 amide bonds. The molecule has 0 aliphatic carbocycles. The van der Waals surface area contributed by atoms with Crippen molar-refractivity contribution in [3.05, 3.63) is 33.6 Å². The van der Waals surface area contributed by atoms with E-state index in [1.54, 1.807) is 36.7 Å². The van der Waals surface area contributed by atoms with Crippen molar-refractivity contribution in [3.63, 3.8) is 0 Å². The molecule has 0 spiro atoms. The van der Waals surface area contributed by atoms with E-state index in [9.17, 15) is 9.59 Å². The van der Waals surface area contributed by atoms with Crippen molar-refractivity contribution in [2.45, 2.75) is 44.1 Å². The number of hydrogen-bond acceptors (Lipinski definition) is 5. The van der Waals surface area contributed by atoms with Crippen LogP contribution in [0.3, 0.4) is 0 Å². The lowest BCUT2D eigenvalue weighted by atomic mass is 10.2. The number of nitrogens with zero attached hydrogens (tertiary/aromatic N) is 4. The largest absolute Gasteiger partial charge is 0.344 e. The molecule has 0 unspecified atom stereocenters. The maximum absolute atomic E-state index is 13.0. The summed E-state index contributed by atoms with van der Waals surface area (Å²) >= 11 is 7.30. The van der Waals surface area contributed by atoms with Gasteiger partial charge in [0.2, 0.25) is 5.91 Å². The van der Waals surface area contributed by atoms with Gasteiger partial charge in [0.25, 0.3) is 5.56 Å². The summed E-state index contributed by atoms with van der Waals surface area (Å²) in [5.41, 5.74) is 0.403. The zero-order chi connectivity index (χ0) is 20.1. The minimum atomic E-state index is -0.427.